The SMILES string of the molecule is CC1(C)C=C(CS(=O)(=O)O)c2cc3c(cc2=C1CCCS(=O)(=O)O)Oc1cc2c(cc1N=3)C(CS(=O)(=O)O)CC(C)(C)N2CCCC(=O)I. The number of allylic oxidation sites excluding steroid dienone is 1. The third kappa shape index (κ3) is 8.91. The number of hydrogen-bond donors (Lipinski definition) is 3. The van der Waals surface area contributed by atoms with Crippen molar-refractivity contribution in [2.45, 2.75) is 71.3 Å². The second kappa shape index (κ2) is 13.3. The molecule has 2 aromatic carbocycles. The lowest BCUT2D eigenvalue weighted by Crippen LogP contribution is -2.50. The molecule has 3 N–H and O–H groups in total. The van der Waals surface area contributed by atoms with Crippen molar-refractivity contribution in [3.05, 3.63) is 52.0 Å². The number of ether oxygens (including phenoxy) is 1. The minimum absolute atomic E-state index is 0.0244. The van der Waals surface area contributed by atoms with Crippen LogP contribution in [0.25, 0.3) is 11.1 Å². The smallest absolute Gasteiger partial charge is 0.269 e. The fourth-order valence-corrected chi connectivity index (χ4v) is 9.64. The quantitative estimate of drug-likeness (QED) is 0.130. The van der Waals surface area contributed by atoms with Gasteiger partial charge < -0.3 is 9.64 Å². The van der Waals surface area contributed by atoms with Gasteiger partial charge in [-0.05, 0) is 102 Å². The van der Waals surface area contributed by atoms with Gasteiger partial charge in [0.1, 0.15) is 16.8 Å². The maximum atomic E-state index is 12.1. The largest absolute Gasteiger partial charge is 0.453 e. The molecule has 2 aromatic rings. The average molecular weight is 851 g/mol. The van der Waals surface area contributed by atoms with Gasteiger partial charge in [0.25, 0.3) is 30.4 Å². The first kappa shape index (κ1) is 37.8. The summed E-state index contributed by atoms with van der Waals surface area (Å²) in [6.45, 7) is 8.15. The van der Waals surface area contributed by atoms with E-state index in [0.29, 0.717) is 76.0 Å². The Bertz CT molecular complexity index is 2210. The normalized spacial score (nSPS) is 19.4. The second-order valence-electron chi connectivity index (χ2n) is 14.0. The van der Waals surface area contributed by atoms with E-state index < -0.39 is 64.5 Å². The molecule has 1 atom stereocenters. The summed E-state index contributed by atoms with van der Waals surface area (Å²) in [5, 5.41) is 0.945. The van der Waals surface area contributed by atoms with Crippen LogP contribution in [0.15, 0.2) is 35.3 Å². The van der Waals surface area contributed by atoms with Gasteiger partial charge in [-0.3, -0.25) is 18.5 Å². The van der Waals surface area contributed by atoms with Gasteiger partial charge in [0.2, 0.25) is 0 Å². The van der Waals surface area contributed by atoms with Gasteiger partial charge in [0.05, 0.1) is 11.5 Å². The lowest BCUT2D eigenvalue weighted by molar-refractivity contribution is -0.109. The van der Waals surface area contributed by atoms with E-state index in [-0.39, 0.29) is 16.6 Å². The molecule has 1 unspecified atom stereocenters. The zero-order valence-corrected chi connectivity index (χ0v) is 32.0. The van der Waals surface area contributed by atoms with Crippen molar-refractivity contribution >= 4 is 79.3 Å². The van der Waals surface area contributed by atoms with Crippen molar-refractivity contribution in [1.29, 1.82) is 0 Å². The number of hydrogen-bond acceptors (Lipinski definition) is 10. The highest BCUT2D eigenvalue weighted by molar-refractivity contribution is 14.1. The highest BCUT2D eigenvalue weighted by Gasteiger charge is 2.40. The topological polar surface area (TPSA) is 205 Å². The molecule has 2 heterocycles. The molecular formula is C32H39IN2O11S3. The predicted octanol–water partition coefficient (Wildman–Crippen LogP) is 4.58. The highest BCUT2D eigenvalue weighted by atomic mass is 127. The maximum Gasteiger partial charge on any atom is 0.269 e. The van der Waals surface area contributed by atoms with Gasteiger partial charge in [-0.15, -0.1) is 0 Å². The Morgan fingerprint density at radius 3 is 2.27 bits per heavy atom. The van der Waals surface area contributed by atoms with E-state index in [1.165, 1.54) is 0 Å². The number of carbonyl (C=O) groups excluding carboxylic acids is 1. The first-order valence-electron chi connectivity index (χ1n) is 15.6. The molecule has 2 aliphatic heterocycles. The summed E-state index contributed by atoms with van der Waals surface area (Å²) in [6, 6.07) is 6.88. The molecule has 0 amide bonds. The number of benzene rings is 2. The van der Waals surface area contributed by atoms with E-state index in [4.69, 9.17) is 9.73 Å². The van der Waals surface area contributed by atoms with Crippen LogP contribution < -0.4 is 20.2 Å². The first-order valence-corrected chi connectivity index (χ1v) is 21.5. The molecule has 3 aliphatic rings. The monoisotopic (exact) mass is 850 g/mol. The average Bonchev–Trinajstić information content (AvgIpc) is 2.91. The molecule has 13 nitrogen and oxygen atoms in total. The van der Waals surface area contributed by atoms with E-state index in [2.05, 4.69) is 4.90 Å². The molecule has 0 fully saturated rings. The Morgan fingerprint density at radius 1 is 0.959 bits per heavy atom. The van der Waals surface area contributed by atoms with Gasteiger partial charge >= 0.3 is 0 Å². The van der Waals surface area contributed by atoms with Crippen LogP contribution in [-0.4, -0.2) is 72.0 Å². The summed E-state index contributed by atoms with van der Waals surface area (Å²) >= 11 is 1.76. The minimum atomic E-state index is -4.44. The predicted molar refractivity (Wildman–Crippen MR) is 194 cm³/mol. The lowest BCUT2D eigenvalue weighted by atomic mass is 9.74. The zero-order chi connectivity index (χ0) is 36.3. The number of anilines is 1. The van der Waals surface area contributed by atoms with Gasteiger partial charge in [0, 0.05) is 41.6 Å². The van der Waals surface area contributed by atoms with Crippen molar-refractivity contribution in [3.63, 3.8) is 0 Å². The minimum Gasteiger partial charge on any atom is -0.453 e. The Balaban J connectivity index is 1.69. The number of halogens is 1. The van der Waals surface area contributed by atoms with Crippen molar-refractivity contribution in [1.82, 2.24) is 0 Å². The van der Waals surface area contributed by atoms with E-state index in [1.807, 2.05) is 27.7 Å². The van der Waals surface area contributed by atoms with E-state index in [0.717, 1.165) is 5.57 Å². The van der Waals surface area contributed by atoms with Crippen LogP contribution in [-0.2, 0) is 35.1 Å². The molecule has 0 radical (unpaired) electrons. The van der Waals surface area contributed by atoms with Gasteiger partial charge in [0.15, 0.2) is 15.3 Å². The summed E-state index contributed by atoms with van der Waals surface area (Å²) in [5.41, 5.74) is 2.00. The molecule has 0 saturated carbocycles. The second-order valence-corrected chi connectivity index (χ2v) is 19.7. The summed E-state index contributed by atoms with van der Waals surface area (Å²) in [4.78, 5) is 18.7. The van der Waals surface area contributed by atoms with Crippen LogP contribution in [0, 0.1) is 5.41 Å². The van der Waals surface area contributed by atoms with E-state index >= 15 is 0 Å². The fraction of sp³-hybridized carbons (Fsp3) is 0.500. The van der Waals surface area contributed by atoms with Crippen LogP contribution in [0.2, 0.25) is 0 Å². The molecule has 17 heteroatoms. The van der Waals surface area contributed by atoms with E-state index in [9.17, 15) is 43.7 Å². The molecule has 0 saturated heterocycles. The number of carbonyl (C=O) groups is 1. The first-order chi connectivity index (χ1) is 22.4. The van der Waals surface area contributed by atoms with Crippen LogP contribution in [0.3, 0.4) is 0 Å². The maximum absolute atomic E-state index is 12.1. The Hall–Kier alpha value is -2.42. The van der Waals surface area contributed by atoms with Crippen LogP contribution >= 0.6 is 22.6 Å². The van der Waals surface area contributed by atoms with Crippen LogP contribution in [0.5, 0.6) is 11.5 Å². The summed E-state index contributed by atoms with van der Waals surface area (Å²) in [7, 11) is -13.0. The van der Waals surface area contributed by atoms with Crippen molar-refractivity contribution in [2.75, 3.05) is 28.7 Å². The molecule has 5 rings (SSSR count). The van der Waals surface area contributed by atoms with E-state index in [1.54, 1.807) is 52.9 Å². The molecular weight excluding hydrogens is 811 g/mol. The van der Waals surface area contributed by atoms with Gasteiger partial charge in [-0.1, -0.05) is 25.5 Å². The highest BCUT2D eigenvalue weighted by Crippen LogP contribution is 2.49. The molecule has 0 aromatic heterocycles. The summed E-state index contributed by atoms with van der Waals surface area (Å²) in [6.07, 6.45) is 3.41. The zero-order valence-electron chi connectivity index (χ0n) is 27.4. The fourth-order valence-electron chi connectivity index (χ4n) is 7.31. The summed E-state index contributed by atoms with van der Waals surface area (Å²) in [5.74, 6) is -1.48. The third-order valence-corrected chi connectivity index (χ3v) is 12.0. The van der Waals surface area contributed by atoms with Crippen molar-refractivity contribution in [2.24, 2.45) is 10.4 Å². The number of nitrogens with zero attached hydrogens (tertiary/aromatic N) is 2. The lowest BCUT2D eigenvalue weighted by Gasteiger charge is -2.48. The molecule has 268 valence electrons. The number of rotatable bonds is 12. The standard InChI is InChI=1S/C32H39IN2O11S3/c1-31(2)15-19(17-48(40,41)42)21-11-25-28(13-23(21)24(31)7-6-10-47(37,38)39)46-29-14-27-22(12-26(29)34-25)20(18-49(43,44)45)16-32(3,4)35(27)9-5-8-30(33)36/h11-15,20H,5-10,16-18H2,1-4H3,(H,37,38,39)(H,40,41,42)(H,43,44,45). The van der Waals surface area contributed by atoms with Crippen molar-refractivity contribution < 1.29 is 48.4 Å². The summed E-state index contributed by atoms with van der Waals surface area (Å²) < 4.78 is 107. The van der Waals surface area contributed by atoms with Gasteiger partial charge in [-0.2, -0.15) is 25.3 Å². The van der Waals surface area contributed by atoms with Crippen molar-refractivity contribution in [3.8, 4) is 11.5 Å². The molecule has 0 bridgehead atoms. The molecule has 1 aliphatic carbocycles. The van der Waals surface area contributed by atoms with Crippen LogP contribution in [0.1, 0.15) is 76.8 Å². The Morgan fingerprint density at radius 2 is 1.65 bits per heavy atom. The Labute approximate surface area is 299 Å². The molecule has 49 heavy (non-hydrogen) atoms. The molecule has 0 spiro atoms. The van der Waals surface area contributed by atoms with Crippen LogP contribution in [0.4, 0.5) is 11.4 Å². The Kier molecular flexibility index (Phi) is 10.3. The third-order valence-electron chi connectivity index (χ3n) is 9.19. The van der Waals surface area contributed by atoms with Gasteiger partial charge in [-0.25, -0.2) is 4.99 Å². The number of fused-ring (bicyclic) bond motifs is 4.